The monoisotopic (exact) mass is 306 g/mol. The molecule has 0 radical (unpaired) electrons. The number of unbranched alkanes of at least 4 members (excludes halogenated alkanes) is 3. The smallest absolute Gasteiger partial charge is 0.274 e. The van der Waals surface area contributed by atoms with Crippen molar-refractivity contribution in [3.8, 4) is 0 Å². The fourth-order valence-corrected chi connectivity index (χ4v) is 2.09. The summed E-state index contributed by atoms with van der Waals surface area (Å²) in [4.78, 5) is 15.1. The van der Waals surface area contributed by atoms with Crippen LogP contribution in [0.4, 0.5) is 5.69 Å². The predicted molar refractivity (Wildman–Crippen MR) is 90.1 cm³/mol. The van der Waals surface area contributed by atoms with Crippen LogP contribution in [0.2, 0.25) is 0 Å². The van der Waals surface area contributed by atoms with E-state index in [1.807, 2.05) is 6.92 Å². The standard InChI is InChI=1S/C16H26N4O2/c1-3-5-6-9-12-18-16(17-4-2)19-13-14-10-7-8-11-15(14)20(21)22/h7-8,10-11H,3-6,9,12-13H2,1-2H3,(H2,17,18,19). The zero-order valence-electron chi connectivity index (χ0n) is 13.5. The van der Waals surface area contributed by atoms with Crippen molar-refractivity contribution in [3.05, 3.63) is 39.9 Å². The molecule has 22 heavy (non-hydrogen) atoms. The first-order valence-corrected chi connectivity index (χ1v) is 7.93. The third-order valence-corrected chi connectivity index (χ3v) is 3.26. The normalized spacial score (nSPS) is 11.3. The van der Waals surface area contributed by atoms with Gasteiger partial charge < -0.3 is 10.6 Å². The molecule has 1 aromatic rings. The highest BCUT2D eigenvalue weighted by molar-refractivity contribution is 5.79. The van der Waals surface area contributed by atoms with E-state index in [-0.39, 0.29) is 10.6 Å². The molecule has 0 aromatic heterocycles. The van der Waals surface area contributed by atoms with Crippen LogP contribution in [0.5, 0.6) is 0 Å². The SMILES string of the molecule is CCCCCCNC(=NCc1ccccc1[N+](=O)[O-])NCC. The summed E-state index contributed by atoms with van der Waals surface area (Å²) < 4.78 is 0. The van der Waals surface area contributed by atoms with Gasteiger partial charge in [0.15, 0.2) is 5.96 Å². The molecule has 1 aromatic carbocycles. The van der Waals surface area contributed by atoms with Crippen molar-refractivity contribution in [2.45, 2.75) is 46.1 Å². The number of hydrogen-bond acceptors (Lipinski definition) is 3. The highest BCUT2D eigenvalue weighted by Gasteiger charge is 2.11. The van der Waals surface area contributed by atoms with Crippen LogP contribution in [0.1, 0.15) is 45.1 Å². The zero-order valence-corrected chi connectivity index (χ0v) is 13.5. The van der Waals surface area contributed by atoms with E-state index in [1.54, 1.807) is 18.2 Å². The fourth-order valence-electron chi connectivity index (χ4n) is 2.09. The topological polar surface area (TPSA) is 79.6 Å². The summed E-state index contributed by atoms with van der Waals surface area (Å²) in [6.07, 6.45) is 4.76. The Bertz CT molecular complexity index is 489. The van der Waals surface area contributed by atoms with Crippen molar-refractivity contribution in [3.63, 3.8) is 0 Å². The van der Waals surface area contributed by atoms with Crippen LogP contribution in [0.15, 0.2) is 29.3 Å². The van der Waals surface area contributed by atoms with Crippen molar-refractivity contribution in [1.82, 2.24) is 10.6 Å². The molecule has 0 amide bonds. The second-order valence-corrected chi connectivity index (χ2v) is 5.07. The molecule has 2 N–H and O–H groups in total. The molecule has 122 valence electrons. The molecular formula is C16H26N4O2. The number of nitrogens with one attached hydrogen (secondary N) is 2. The Morgan fingerprint density at radius 1 is 1.18 bits per heavy atom. The van der Waals surface area contributed by atoms with E-state index in [4.69, 9.17) is 0 Å². The van der Waals surface area contributed by atoms with Gasteiger partial charge in [-0.2, -0.15) is 0 Å². The Kier molecular flexibility index (Phi) is 8.64. The van der Waals surface area contributed by atoms with Gasteiger partial charge in [0.2, 0.25) is 0 Å². The van der Waals surface area contributed by atoms with Crippen molar-refractivity contribution >= 4 is 11.6 Å². The van der Waals surface area contributed by atoms with E-state index in [9.17, 15) is 10.1 Å². The Hall–Kier alpha value is -2.11. The summed E-state index contributed by atoms with van der Waals surface area (Å²) in [5.41, 5.74) is 0.737. The molecule has 0 saturated carbocycles. The molecule has 0 aliphatic carbocycles. The first kappa shape index (κ1) is 17.9. The molecule has 6 nitrogen and oxygen atoms in total. The van der Waals surface area contributed by atoms with Gasteiger partial charge in [-0.15, -0.1) is 0 Å². The maximum absolute atomic E-state index is 11.0. The predicted octanol–water partition coefficient (Wildman–Crippen LogP) is 3.23. The van der Waals surface area contributed by atoms with Gasteiger partial charge in [-0.3, -0.25) is 10.1 Å². The number of benzene rings is 1. The number of hydrogen-bond donors (Lipinski definition) is 2. The van der Waals surface area contributed by atoms with Gasteiger partial charge in [0.1, 0.15) is 0 Å². The average molecular weight is 306 g/mol. The van der Waals surface area contributed by atoms with Crippen molar-refractivity contribution in [2.75, 3.05) is 13.1 Å². The second kappa shape index (κ2) is 10.6. The fraction of sp³-hybridized carbons (Fsp3) is 0.562. The zero-order chi connectivity index (χ0) is 16.2. The van der Waals surface area contributed by atoms with E-state index in [1.165, 1.54) is 25.3 Å². The largest absolute Gasteiger partial charge is 0.357 e. The van der Waals surface area contributed by atoms with Crippen LogP contribution < -0.4 is 10.6 Å². The molecule has 0 atom stereocenters. The molecular weight excluding hydrogens is 280 g/mol. The maximum atomic E-state index is 11.0. The number of para-hydroxylation sites is 1. The van der Waals surface area contributed by atoms with Crippen LogP contribution >= 0.6 is 0 Å². The van der Waals surface area contributed by atoms with E-state index >= 15 is 0 Å². The Morgan fingerprint density at radius 3 is 2.64 bits per heavy atom. The lowest BCUT2D eigenvalue weighted by molar-refractivity contribution is -0.385. The summed E-state index contributed by atoms with van der Waals surface area (Å²) in [6.45, 7) is 6.10. The van der Waals surface area contributed by atoms with Crippen molar-refractivity contribution in [1.29, 1.82) is 0 Å². The molecule has 0 spiro atoms. The molecule has 0 aliphatic rings. The minimum Gasteiger partial charge on any atom is -0.357 e. The number of guanidine groups is 1. The van der Waals surface area contributed by atoms with Crippen molar-refractivity contribution < 1.29 is 4.92 Å². The first-order valence-electron chi connectivity index (χ1n) is 7.93. The summed E-state index contributed by atoms with van der Waals surface area (Å²) >= 11 is 0. The van der Waals surface area contributed by atoms with E-state index < -0.39 is 0 Å². The second-order valence-electron chi connectivity index (χ2n) is 5.07. The lowest BCUT2D eigenvalue weighted by Crippen LogP contribution is -2.37. The first-order chi connectivity index (χ1) is 10.7. The van der Waals surface area contributed by atoms with Gasteiger partial charge in [-0.05, 0) is 13.3 Å². The highest BCUT2D eigenvalue weighted by atomic mass is 16.6. The van der Waals surface area contributed by atoms with Crippen LogP contribution in [-0.2, 0) is 6.54 Å². The Balaban J connectivity index is 2.60. The molecule has 1 rings (SSSR count). The summed E-state index contributed by atoms with van der Waals surface area (Å²) in [6, 6.07) is 6.72. The number of aliphatic imine (C=N–C) groups is 1. The summed E-state index contributed by atoms with van der Waals surface area (Å²) in [7, 11) is 0. The van der Waals surface area contributed by atoms with E-state index in [0.29, 0.717) is 18.1 Å². The van der Waals surface area contributed by atoms with Crippen LogP contribution in [0, 0.1) is 10.1 Å². The van der Waals surface area contributed by atoms with Gasteiger partial charge in [0, 0.05) is 19.2 Å². The minimum absolute atomic E-state index is 0.116. The van der Waals surface area contributed by atoms with Crippen LogP contribution in [0.25, 0.3) is 0 Å². The average Bonchev–Trinajstić information content (AvgIpc) is 2.52. The minimum atomic E-state index is -0.365. The van der Waals surface area contributed by atoms with Crippen molar-refractivity contribution in [2.24, 2.45) is 4.99 Å². The van der Waals surface area contributed by atoms with Gasteiger partial charge in [-0.1, -0.05) is 44.4 Å². The van der Waals surface area contributed by atoms with Crippen LogP contribution in [-0.4, -0.2) is 24.0 Å². The van der Waals surface area contributed by atoms with Gasteiger partial charge in [0.05, 0.1) is 17.0 Å². The molecule has 0 unspecified atom stereocenters. The lowest BCUT2D eigenvalue weighted by Gasteiger charge is -2.11. The van der Waals surface area contributed by atoms with Gasteiger partial charge >= 0.3 is 0 Å². The number of nitro groups is 1. The molecule has 0 fully saturated rings. The molecule has 0 bridgehead atoms. The summed E-state index contributed by atoms with van der Waals surface area (Å²) in [5.74, 6) is 0.706. The maximum Gasteiger partial charge on any atom is 0.274 e. The molecule has 0 saturated heterocycles. The van der Waals surface area contributed by atoms with Gasteiger partial charge in [0.25, 0.3) is 5.69 Å². The molecule has 0 aliphatic heterocycles. The van der Waals surface area contributed by atoms with Crippen LogP contribution in [0.3, 0.4) is 0 Å². The molecule has 0 heterocycles. The highest BCUT2D eigenvalue weighted by Crippen LogP contribution is 2.18. The third-order valence-electron chi connectivity index (χ3n) is 3.26. The summed E-state index contributed by atoms with van der Waals surface area (Å²) in [5, 5.41) is 17.4. The lowest BCUT2D eigenvalue weighted by atomic mass is 10.2. The van der Waals surface area contributed by atoms with E-state index in [2.05, 4.69) is 22.5 Å². The van der Waals surface area contributed by atoms with Gasteiger partial charge in [-0.25, -0.2) is 4.99 Å². The number of nitrogens with zero attached hydrogens (tertiary/aromatic N) is 2. The third kappa shape index (κ3) is 6.56. The Labute approximate surface area is 132 Å². The molecule has 6 heteroatoms. The number of nitro benzene ring substituents is 1. The quantitative estimate of drug-likeness (QED) is 0.241. The Morgan fingerprint density at radius 2 is 1.95 bits per heavy atom. The number of rotatable bonds is 9. The van der Waals surface area contributed by atoms with E-state index in [0.717, 1.165) is 19.5 Å².